The van der Waals surface area contributed by atoms with Crippen LogP contribution in [0.3, 0.4) is 0 Å². The molecule has 1 fully saturated rings. The van der Waals surface area contributed by atoms with Gasteiger partial charge in [0.2, 0.25) is 5.91 Å². The molecule has 4 rings (SSSR count). The normalized spacial score (nSPS) is 18.3. The zero-order valence-electron chi connectivity index (χ0n) is 17.5. The monoisotopic (exact) mass is 558 g/mol. The fourth-order valence-electron chi connectivity index (χ4n) is 3.77. The minimum Gasteiger partial charge on any atom is -0.326 e. The van der Waals surface area contributed by atoms with Crippen molar-refractivity contribution in [1.82, 2.24) is 0 Å². The first-order valence-corrected chi connectivity index (χ1v) is 11.9. The molecule has 2 amide bonds. The van der Waals surface area contributed by atoms with E-state index in [1.165, 1.54) is 48.3 Å². The van der Waals surface area contributed by atoms with E-state index in [2.05, 4.69) is 5.32 Å². The van der Waals surface area contributed by atoms with Gasteiger partial charge in [0.25, 0.3) is 5.91 Å². The predicted molar refractivity (Wildman–Crippen MR) is 136 cm³/mol. The molecule has 0 aromatic heterocycles. The first-order chi connectivity index (χ1) is 16.0. The van der Waals surface area contributed by atoms with Crippen LogP contribution in [0, 0.1) is 11.7 Å². The lowest BCUT2D eigenvalue weighted by Crippen LogP contribution is -2.26. The van der Waals surface area contributed by atoms with Crippen molar-refractivity contribution in [3.8, 4) is 0 Å². The SMILES string of the molecule is CN(C(=O)c1cc(NC(=O)C2[C@H](c3cc(Cl)cc(Cl)c3)C2(Cl)Cl)ccc1Cl)c1ccc(F)cc1. The molecule has 4 nitrogen and oxygen atoms in total. The van der Waals surface area contributed by atoms with Gasteiger partial charge in [0.05, 0.1) is 16.5 Å². The minimum absolute atomic E-state index is 0.156. The number of hydrogen-bond acceptors (Lipinski definition) is 2. The largest absolute Gasteiger partial charge is 0.326 e. The quantitative estimate of drug-likeness (QED) is 0.327. The molecule has 2 atom stereocenters. The Morgan fingerprint density at radius 1 is 0.941 bits per heavy atom. The van der Waals surface area contributed by atoms with Gasteiger partial charge < -0.3 is 10.2 Å². The summed E-state index contributed by atoms with van der Waals surface area (Å²) in [6, 6.07) is 14.9. The van der Waals surface area contributed by atoms with Crippen LogP contribution in [0.5, 0.6) is 0 Å². The van der Waals surface area contributed by atoms with Crippen molar-refractivity contribution in [2.45, 2.75) is 10.3 Å². The molecular formula is C24H16Cl5FN2O2. The van der Waals surface area contributed by atoms with Crippen LogP contribution in [0.15, 0.2) is 60.7 Å². The smallest absolute Gasteiger partial charge is 0.259 e. The Balaban J connectivity index is 1.53. The number of alkyl halides is 2. The maximum absolute atomic E-state index is 13.2. The topological polar surface area (TPSA) is 49.4 Å². The first-order valence-electron chi connectivity index (χ1n) is 9.97. The summed E-state index contributed by atoms with van der Waals surface area (Å²) in [5.74, 6) is -2.55. The molecule has 34 heavy (non-hydrogen) atoms. The Kier molecular flexibility index (Phi) is 7.05. The third-order valence-corrected chi connectivity index (χ3v) is 7.27. The van der Waals surface area contributed by atoms with Crippen LogP contribution >= 0.6 is 58.0 Å². The Labute approximate surface area is 220 Å². The molecule has 0 radical (unpaired) electrons. The Hall–Kier alpha value is -2.02. The highest BCUT2D eigenvalue weighted by atomic mass is 35.5. The zero-order chi connectivity index (χ0) is 24.8. The first kappa shape index (κ1) is 25.1. The molecule has 3 aromatic carbocycles. The van der Waals surface area contributed by atoms with Gasteiger partial charge in [0.1, 0.15) is 10.2 Å². The molecule has 0 heterocycles. The molecule has 1 aliphatic carbocycles. The van der Waals surface area contributed by atoms with E-state index in [1.807, 2.05) is 0 Å². The van der Waals surface area contributed by atoms with E-state index in [4.69, 9.17) is 58.0 Å². The van der Waals surface area contributed by atoms with Crippen LogP contribution in [0.25, 0.3) is 0 Å². The Morgan fingerprint density at radius 3 is 2.18 bits per heavy atom. The number of halogens is 6. The van der Waals surface area contributed by atoms with Crippen molar-refractivity contribution in [3.63, 3.8) is 0 Å². The number of anilines is 2. The van der Waals surface area contributed by atoms with Gasteiger partial charge in [-0.3, -0.25) is 9.59 Å². The summed E-state index contributed by atoms with van der Waals surface area (Å²) in [7, 11) is 1.54. The van der Waals surface area contributed by atoms with Gasteiger partial charge in [0.15, 0.2) is 0 Å². The van der Waals surface area contributed by atoms with Crippen molar-refractivity contribution >= 4 is 81.2 Å². The summed E-state index contributed by atoms with van der Waals surface area (Å²) in [5.41, 5.74) is 1.62. The molecule has 1 unspecified atom stereocenters. The molecule has 1 N–H and O–H groups in total. The third-order valence-electron chi connectivity index (χ3n) is 5.56. The van der Waals surface area contributed by atoms with Gasteiger partial charge in [-0.1, -0.05) is 34.8 Å². The maximum Gasteiger partial charge on any atom is 0.259 e. The average Bonchev–Trinajstić information content (AvgIpc) is 3.36. The molecule has 1 saturated carbocycles. The van der Waals surface area contributed by atoms with Gasteiger partial charge in [-0.25, -0.2) is 4.39 Å². The standard InChI is InChI=1S/C24H16Cl5FN2O2/c1-32(17-5-2-15(30)3-6-17)23(34)18-11-16(4-7-19(18)27)31-22(33)21-20(24(21,28)29)12-8-13(25)10-14(26)9-12/h2-11,20-21H,1H3,(H,31,33)/t20-,21?/m0/s1. The lowest BCUT2D eigenvalue weighted by atomic mass is 10.1. The number of nitrogens with one attached hydrogen (secondary N) is 1. The average molecular weight is 561 g/mol. The van der Waals surface area contributed by atoms with Crippen LogP contribution in [0.2, 0.25) is 15.1 Å². The molecule has 10 heteroatoms. The predicted octanol–water partition coefficient (Wildman–Crippen LogP) is 7.59. The van der Waals surface area contributed by atoms with E-state index in [0.717, 1.165) is 0 Å². The molecule has 0 saturated heterocycles. The molecule has 3 aromatic rings. The van der Waals surface area contributed by atoms with Crippen molar-refractivity contribution in [2.75, 3.05) is 17.3 Å². The molecule has 0 bridgehead atoms. The highest BCUT2D eigenvalue weighted by Crippen LogP contribution is 2.65. The fourth-order valence-corrected chi connectivity index (χ4v) is 5.34. The van der Waals surface area contributed by atoms with E-state index in [9.17, 15) is 14.0 Å². The van der Waals surface area contributed by atoms with E-state index in [1.54, 1.807) is 24.3 Å². The Morgan fingerprint density at radius 2 is 1.56 bits per heavy atom. The number of amides is 2. The molecule has 0 aliphatic heterocycles. The van der Waals surface area contributed by atoms with Gasteiger partial charge in [-0.05, 0) is 66.2 Å². The van der Waals surface area contributed by atoms with Gasteiger partial charge in [-0.15, -0.1) is 23.2 Å². The second-order valence-electron chi connectivity index (χ2n) is 7.86. The minimum atomic E-state index is -1.34. The summed E-state index contributed by atoms with van der Waals surface area (Å²) < 4.78 is 11.9. The lowest BCUT2D eigenvalue weighted by Gasteiger charge is -2.18. The van der Waals surface area contributed by atoms with Gasteiger partial charge >= 0.3 is 0 Å². The van der Waals surface area contributed by atoms with Crippen LogP contribution in [-0.2, 0) is 4.79 Å². The summed E-state index contributed by atoms with van der Waals surface area (Å²) in [4.78, 5) is 27.3. The van der Waals surface area contributed by atoms with E-state index in [-0.39, 0.29) is 10.6 Å². The van der Waals surface area contributed by atoms with Crippen LogP contribution in [0.1, 0.15) is 21.8 Å². The zero-order valence-corrected chi connectivity index (χ0v) is 21.2. The number of rotatable bonds is 5. The summed E-state index contributed by atoms with van der Waals surface area (Å²) in [6.45, 7) is 0. The molecule has 0 spiro atoms. The van der Waals surface area contributed by atoms with Crippen molar-refractivity contribution in [1.29, 1.82) is 0 Å². The van der Waals surface area contributed by atoms with Crippen LogP contribution < -0.4 is 10.2 Å². The van der Waals surface area contributed by atoms with Crippen molar-refractivity contribution in [2.24, 2.45) is 5.92 Å². The second-order valence-corrected chi connectivity index (χ2v) is 10.6. The van der Waals surface area contributed by atoms with Gasteiger partial charge in [0, 0.05) is 34.4 Å². The molecule has 1 aliphatic rings. The number of carbonyl (C=O) groups excluding carboxylic acids is 2. The number of benzene rings is 3. The number of hydrogen-bond donors (Lipinski definition) is 1. The van der Waals surface area contributed by atoms with Crippen molar-refractivity contribution < 1.29 is 14.0 Å². The van der Waals surface area contributed by atoms with Crippen LogP contribution in [0.4, 0.5) is 15.8 Å². The molecule has 176 valence electrons. The van der Waals surface area contributed by atoms with E-state index in [0.29, 0.717) is 27.0 Å². The number of carbonyl (C=O) groups is 2. The summed E-state index contributed by atoms with van der Waals surface area (Å²) in [5, 5.41) is 3.75. The highest BCUT2D eigenvalue weighted by molar-refractivity contribution is 6.53. The van der Waals surface area contributed by atoms with Crippen LogP contribution in [-0.4, -0.2) is 23.2 Å². The summed E-state index contributed by atoms with van der Waals surface area (Å²) >= 11 is 31.2. The van der Waals surface area contributed by atoms with Crippen molar-refractivity contribution in [3.05, 3.63) is 92.7 Å². The summed E-state index contributed by atoms with van der Waals surface area (Å²) in [6.07, 6.45) is 0. The highest BCUT2D eigenvalue weighted by Gasteiger charge is 2.67. The lowest BCUT2D eigenvalue weighted by molar-refractivity contribution is -0.117. The maximum atomic E-state index is 13.2. The third kappa shape index (κ3) is 5.00. The fraction of sp³-hybridized carbons (Fsp3) is 0.167. The Bertz CT molecular complexity index is 1260. The molecular weight excluding hydrogens is 545 g/mol. The van der Waals surface area contributed by atoms with E-state index >= 15 is 0 Å². The second kappa shape index (κ2) is 9.56. The van der Waals surface area contributed by atoms with E-state index < -0.39 is 33.8 Å². The van der Waals surface area contributed by atoms with Gasteiger partial charge in [-0.2, -0.15) is 0 Å². The number of nitrogens with zero attached hydrogens (tertiary/aromatic N) is 1.